The standard InChI is InChI=1S/C30H32FNO3/c1-7-14-34-22-10-11-24(28(16-22)33-6)23-12-13-26-29(20(3)17-30(4,5)32-26)25(23)18-35-27-15-21(31)9-8-19(27)2/h7-13,15-17,32H,1,14,18H2,2-6H3. The molecule has 1 heterocycles. The summed E-state index contributed by atoms with van der Waals surface area (Å²) in [7, 11) is 1.65. The zero-order chi connectivity index (χ0) is 25.2. The van der Waals surface area contributed by atoms with Crippen molar-refractivity contribution in [3.05, 3.63) is 89.8 Å². The van der Waals surface area contributed by atoms with Gasteiger partial charge in [-0.1, -0.05) is 30.9 Å². The largest absolute Gasteiger partial charge is 0.496 e. The summed E-state index contributed by atoms with van der Waals surface area (Å²) < 4.78 is 31.6. The lowest BCUT2D eigenvalue weighted by atomic mass is 9.85. The summed E-state index contributed by atoms with van der Waals surface area (Å²) in [6.45, 7) is 12.7. The Hall–Kier alpha value is -3.73. The topological polar surface area (TPSA) is 39.7 Å². The van der Waals surface area contributed by atoms with Gasteiger partial charge in [0.15, 0.2) is 0 Å². The van der Waals surface area contributed by atoms with Crippen LogP contribution in [0.25, 0.3) is 16.7 Å². The van der Waals surface area contributed by atoms with Crippen molar-refractivity contribution in [1.29, 1.82) is 0 Å². The molecule has 0 unspecified atom stereocenters. The minimum absolute atomic E-state index is 0.169. The van der Waals surface area contributed by atoms with Gasteiger partial charge in [0.25, 0.3) is 0 Å². The van der Waals surface area contributed by atoms with Gasteiger partial charge in [-0.3, -0.25) is 0 Å². The number of allylic oxidation sites excluding steroid dienone is 1. The van der Waals surface area contributed by atoms with Gasteiger partial charge in [0.05, 0.1) is 12.6 Å². The van der Waals surface area contributed by atoms with Crippen molar-refractivity contribution >= 4 is 11.3 Å². The number of hydrogen-bond donors (Lipinski definition) is 1. The number of methoxy groups -OCH3 is 1. The third-order valence-electron chi connectivity index (χ3n) is 6.09. The molecule has 3 aromatic carbocycles. The molecule has 5 heteroatoms. The van der Waals surface area contributed by atoms with Gasteiger partial charge < -0.3 is 19.5 Å². The monoisotopic (exact) mass is 473 g/mol. The van der Waals surface area contributed by atoms with E-state index in [1.54, 1.807) is 19.3 Å². The molecule has 0 saturated carbocycles. The first-order valence-corrected chi connectivity index (χ1v) is 11.7. The Morgan fingerprint density at radius 3 is 2.49 bits per heavy atom. The van der Waals surface area contributed by atoms with Crippen LogP contribution in [0.3, 0.4) is 0 Å². The maximum Gasteiger partial charge on any atom is 0.130 e. The number of anilines is 1. The second-order valence-corrected chi connectivity index (χ2v) is 9.35. The highest BCUT2D eigenvalue weighted by molar-refractivity contribution is 5.88. The van der Waals surface area contributed by atoms with Crippen LogP contribution in [0.1, 0.15) is 37.5 Å². The number of benzene rings is 3. The van der Waals surface area contributed by atoms with Crippen molar-refractivity contribution in [3.63, 3.8) is 0 Å². The van der Waals surface area contributed by atoms with Crippen LogP contribution in [0.15, 0.2) is 67.3 Å². The number of fused-ring (bicyclic) bond motifs is 1. The highest BCUT2D eigenvalue weighted by Gasteiger charge is 2.27. The van der Waals surface area contributed by atoms with Gasteiger partial charge >= 0.3 is 0 Å². The van der Waals surface area contributed by atoms with Crippen LogP contribution in [0, 0.1) is 12.7 Å². The molecule has 0 spiro atoms. The lowest BCUT2D eigenvalue weighted by molar-refractivity contribution is 0.302. The van der Waals surface area contributed by atoms with Gasteiger partial charge in [-0.05, 0) is 68.7 Å². The Labute approximate surface area is 207 Å². The lowest BCUT2D eigenvalue weighted by Crippen LogP contribution is -2.32. The summed E-state index contributed by atoms with van der Waals surface area (Å²) >= 11 is 0. The van der Waals surface area contributed by atoms with Crippen LogP contribution in [0.2, 0.25) is 0 Å². The Bertz CT molecular complexity index is 1290. The molecule has 0 atom stereocenters. The van der Waals surface area contributed by atoms with E-state index in [-0.39, 0.29) is 18.0 Å². The van der Waals surface area contributed by atoms with Crippen molar-refractivity contribution < 1.29 is 18.6 Å². The second-order valence-electron chi connectivity index (χ2n) is 9.35. The fraction of sp³-hybridized carbons (Fsp3) is 0.267. The Morgan fingerprint density at radius 2 is 1.74 bits per heavy atom. The molecule has 3 aromatic rings. The fourth-order valence-electron chi connectivity index (χ4n) is 4.62. The van der Waals surface area contributed by atoms with Gasteiger partial charge in [-0.2, -0.15) is 0 Å². The molecule has 182 valence electrons. The van der Waals surface area contributed by atoms with Gasteiger partial charge in [0, 0.05) is 34.5 Å². The molecule has 0 bridgehead atoms. The predicted molar refractivity (Wildman–Crippen MR) is 141 cm³/mol. The van der Waals surface area contributed by atoms with E-state index in [4.69, 9.17) is 14.2 Å². The molecule has 35 heavy (non-hydrogen) atoms. The minimum atomic E-state index is -0.322. The molecule has 0 amide bonds. The van der Waals surface area contributed by atoms with Crippen LogP contribution in [0.5, 0.6) is 17.2 Å². The van der Waals surface area contributed by atoms with E-state index in [2.05, 4.69) is 50.9 Å². The van der Waals surface area contributed by atoms with Gasteiger partial charge in [-0.15, -0.1) is 0 Å². The maximum absolute atomic E-state index is 13.9. The number of hydrogen-bond acceptors (Lipinski definition) is 4. The Morgan fingerprint density at radius 1 is 0.971 bits per heavy atom. The van der Waals surface area contributed by atoms with E-state index >= 15 is 0 Å². The average molecular weight is 474 g/mol. The van der Waals surface area contributed by atoms with Gasteiger partial charge in [-0.25, -0.2) is 4.39 Å². The first kappa shape index (κ1) is 24.4. The van der Waals surface area contributed by atoms with Crippen molar-refractivity contribution in [1.82, 2.24) is 0 Å². The molecule has 4 rings (SSSR count). The van der Waals surface area contributed by atoms with Crippen molar-refractivity contribution in [2.24, 2.45) is 0 Å². The molecule has 0 saturated heterocycles. The van der Waals surface area contributed by atoms with Crippen LogP contribution < -0.4 is 19.5 Å². The maximum atomic E-state index is 13.9. The van der Waals surface area contributed by atoms with E-state index in [0.717, 1.165) is 39.1 Å². The first-order chi connectivity index (χ1) is 16.7. The highest BCUT2D eigenvalue weighted by Crippen LogP contribution is 2.43. The van der Waals surface area contributed by atoms with Crippen LogP contribution in [-0.2, 0) is 6.61 Å². The Balaban J connectivity index is 1.84. The summed E-state index contributed by atoms with van der Waals surface area (Å²) in [6.07, 6.45) is 3.93. The second kappa shape index (κ2) is 9.87. The molecule has 0 aromatic heterocycles. The summed E-state index contributed by atoms with van der Waals surface area (Å²) in [5.41, 5.74) is 6.91. The highest BCUT2D eigenvalue weighted by atomic mass is 19.1. The molecule has 1 aliphatic heterocycles. The third-order valence-corrected chi connectivity index (χ3v) is 6.09. The minimum Gasteiger partial charge on any atom is -0.496 e. The van der Waals surface area contributed by atoms with E-state index < -0.39 is 0 Å². The van der Waals surface area contributed by atoms with Crippen LogP contribution in [0.4, 0.5) is 10.1 Å². The summed E-state index contributed by atoms with van der Waals surface area (Å²) in [4.78, 5) is 0. The normalized spacial score (nSPS) is 13.8. The molecular formula is C30H32FNO3. The van der Waals surface area contributed by atoms with Crippen LogP contribution >= 0.6 is 0 Å². The molecule has 0 radical (unpaired) electrons. The van der Waals surface area contributed by atoms with Crippen molar-refractivity contribution in [2.45, 2.75) is 39.8 Å². The Kier molecular flexibility index (Phi) is 6.88. The molecule has 1 aliphatic rings. The van der Waals surface area contributed by atoms with Crippen LogP contribution in [-0.4, -0.2) is 19.3 Å². The molecular weight excluding hydrogens is 441 g/mol. The predicted octanol–water partition coefficient (Wildman–Crippen LogP) is 7.56. The average Bonchev–Trinajstić information content (AvgIpc) is 2.82. The lowest BCUT2D eigenvalue weighted by Gasteiger charge is -2.33. The number of aryl methyl sites for hydroxylation is 1. The third kappa shape index (κ3) is 5.19. The van der Waals surface area contributed by atoms with E-state index in [1.165, 1.54) is 12.1 Å². The number of halogens is 1. The zero-order valence-corrected chi connectivity index (χ0v) is 21.0. The number of nitrogens with one attached hydrogen (secondary N) is 1. The fourth-order valence-corrected chi connectivity index (χ4v) is 4.62. The molecule has 4 nitrogen and oxygen atoms in total. The van der Waals surface area contributed by atoms with Gasteiger partial charge in [0.1, 0.15) is 36.3 Å². The van der Waals surface area contributed by atoms with Crippen molar-refractivity contribution in [3.8, 4) is 28.4 Å². The SMILES string of the molecule is C=CCOc1ccc(-c2ccc3c(c2COc2cc(F)ccc2C)C(C)=CC(C)(C)N3)c(OC)c1. The molecule has 0 fully saturated rings. The summed E-state index contributed by atoms with van der Waals surface area (Å²) in [5.74, 6) is 1.60. The quantitative estimate of drug-likeness (QED) is 0.343. The smallest absolute Gasteiger partial charge is 0.130 e. The van der Waals surface area contributed by atoms with Gasteiger partial charge in [0.2, 0.25) is 0 Å². The van der Waals surface area contributed by atoms with E-state index in [0.29, 0.717) is 23.9 Å². The summed E-state index contributed by atoms with van der Waals surface area (Å²) in [5, 5.41) is 3.61. The molecule has 1 N–H and O–H groups in total. The number of ether oxygens (including phenoxy) is 3. The van der Waals surface area contributed by atoms with Crippen molar-refractivity contribution in [2.75, 3.05) is 19.0 Å². The molecule has 0 aliphatic carbocycles. The first-order valence-electron chi connectivity index (χ1n) is 11.7. The van der Waals surface area contributed by atoms with E-state index in [1.807, 2.05) is 25.1 Å². The summed E-state index contributed by atoms with van der Waals surface area (Å²) in [6, 6.07) is 14.6. The number of rotatable bonds is 8. The zero-order valence-electron chi connectivity index (χ0n) is 21.0. The van der Waals surface area contributed by atoms with E-state index in [9.17, 15) is 4.39 Å².